The number of nitrogens with one attached hydrogen (secondary N) is 1. The van der Waals surface area contributed by atoms with Crippen LogP contribution >= 0.6 is 0 Å². The van der Waals surface area contributed by atoms with Crippen LogP contribution in [0, 0.1) is 0 Å². The fourth-order valence-corrected chi connectivity index (χ4v) is 2.27. The highest BCUT2D eigenvalue weighted by Gasteiger charge is 2.27. The molecule has 1 aromatic heterocycles. The second-order valence-corrected chi connectivity index (χ2v) is 6.29. The predicted molar refractivity (Wildman–Crippen MR) is 70.3 cm³/mol. The molecule has 102 valence electrons. The Hall–Kier alpha value is -0.940. The maximum absolute atomic E-state index is 5.34. The van der Waals surface area contributed by atoms with Crippen molar-refractivity contribution >= 4 is 0 Å². The molecule has 18 heavy (non-hydrogen) atoms. The minimum atomic E-state index is -0.0774. The maximum Gasteiger partial charge on any atom is 0.232 e. The van der Waals surface area contributed by atoms with Crippen molar-refractivity contribution in [1.82, 2.24) is 20.4 Å². The first kappa shape index (κ1) is 13.5. The summed E-state index contributed by atoms with van der Waals surface area (Å²) in [5.41, 5.74) is -0.0774. The largest absolute Gasteiger partial charge is 0.339 e. The van der Waals surface area contributed by atoms with Gasteiger partial charge in [0.05, 0.1) is 6.54 Å². The Morgan fingerprint density at radius 1 is 1.28 bits per heavy atom. The van der Waals surface area contributed by atoms with Crippen molar-refractivity contribution in [2.24, 2.45) is 0 Å². The van der Waals surface area contributed by atoms with Crippen molar-refractivity contribution in [3.8, 4) is 0 Å². The van der Waals surface area contributed by atoms with E-state index in [1.165, 1.54) is 0 Å². The highest BCUT2D eigenvalue weighted by Crippen LogP contribution is 2.21. The van der Waals surface area contributed by atoms with E-state index in [1.54, 1.807) is 0 Å². The van der Waals surface area contributed by atoms with Crippen LogP contribution in [0.2, 0.25) is 0 Å². The Labute approximate surface area is 109 Å². The zero-order chi connectivity index (χ0) is 13.3. The second-order valence-electron chi connectivity index (χ2n) is 6.29. The molecule has 0 bridgehead atoms. The van der Waals surface area contributed by atoms with Gasteiger partial charge < -0.3 is 9.84 Å². The summed E-state index contributed by atoms with van der Waals surface area (Å²) in [5.74, 6) is 1.51. The number of piperazine rings is 1. The van der Waals surface area contributed by atoms with Crippen LogP contribution in [0.1, 0.15) is 46.3 Å². The monoisotopic (exact) mass is 252 g/mol. The first-order valence-electron chi connectivity index (χ1n) is 6.67. The van der Waals surface area contributed by atoms with Gasteiger partial charge in [0, 0.05) is 30.6 Å². The highest BCUT2D eigenvalue weighted by molar-refractivity contribution is 4.99. The molecule has 1 fully saturated rings. The van der Waals surface area contributed by atoms with Gasteiger partial charge in [0.2, 0.25) is 5.89 Å². The summed E-state index contributed by atoms with van der Waals surface area (Å²) < 4.78 is 5.34. The molecule has 2 rings (SSSR count). The lowest BCUT2D eigenvalue weighted by Gasteiger charge is -2.38. The van der Waals surface area contributed by atoms with Crippen molar-refractivity contribution in [3.05, 3.63) is 11.7 Å². The number of nitrogens with zero attached hydrogens (tertiary/aromatic N) is 3. The van der Waals surface area contributed by atoms with Gasteiger partial charge in [0.25, 0.3) is 0 Å². The lowest BCUT2D eigenvalue weighted by atomic mass is 9.97. The molecule has 1 aromatic rings. The third kappa shape index (κ3) is 2.90. The summed E-state index contributed by atoms with van der Waals surface area (Å²) in [6.07, 6.45) is 0. The summed E-state index contributed by atoms with van der Waals surface area (Å²) in [6, 6.07) is 1.01. The molecule has 1 aliphatic rings. The van der Waals surface area contributed by atoms with Crippen LogP contribution in [0.4, 0.5) is 0 Å². The van der Waals surface area contributed by atoms with Crippen LogP contribution in [0.25, 0.3) is 0 Å². The van der Waals surface area contributed by atoms with E-state index in [9.17, 15) is 0 Å². The third-order valence-electron chi connectivity index (χ3n) is 3.45. The fourth-order valence-electron chi connectivity index (χ4n) is 2.27. The number of hydrogen-bond acceptors (Lipinski definition) is 5. The average molecular weight is 252 g/mol. The van der Waals surface area contributed by atoms with Gasteiger partial charge in [-0.25, -0.2) is 0 Å². The molecule has 1 N–H and O–H groups in total. The van der Waals surface area contributed by atoms with Crippen LogP contribution in [-0.4, -0.2) is 40.2 Å². The third-order valence-corrected chi connectivity index (χ3v) is 3.45. The predicted octanol–water partition coefficient (Wildman–Crippen LogP) is 1.55. The van der Waals surface area contributed by atoms with Crippen molar-refractivity contribution in [1.29, 1.82) is 0 Å². The molecule has 0 saturated carbocycles. The van der Waals surface area contributed by atoms with E-state index in [0.717, 1.165) is 25.5 Å². The summed E-state index contributed by atoms with van der Waals surface area (Å²) in [5, 5.41) is 7.52. The topological polar surface area (TPSA) is 54.2 Å². The Bertz CT molecular complexity index is 386. The van der Waals surface area contributed by atoms with Crippen LogP contribution < -0.4 is 5.32 Å². The van der Waals surface area contributed by atoms with Gasteiger partial charge in [-0.15, -0.1) is 0 Å². The van der Waals surface area contributed by atoms with Crippen LogP contribution in [0.15, 0.2) is 4.52 Å². The molecule has 5 heteroatoms. The van der Waals surface area contributed by atoms with Gasteiger partial charge in [-0.3, -0.25) is 4.90 Å². The molecule has 2 heterocycles. The lowest BCUT2D eigenvalue weighted by molar-refractivity contribution is 0.104. The van der Waals surface area contributed by atoms with E-state index in [1.807, 2.05) is 0 Å². The second kappa shape index (κ2) is 4.97. The van der Waals surface area contributed by atoms with E-state index in [2.05, 4.69) is 55.0 Å². The Morgan fingerprint density at radius 2 is 1.89 bits per heavy atom. The molecule has 2 unspecified atom stereocenters. The molecule has 0 radical (unpaired) electrons. The molecule has 0 spiro atoms. The molecule has 5 nitrogen and oxygen atoms in total. The van der Waals surface area contributed by atoms with Gasteiger partial charge in [0.1, 0.15) is 0 Å². The normalized spacial score (nSPS) is 26.5. The van der Waals surface area contributed by atoms with E-state index >= 15 is 0 Å². The van der Waals surface area contributed by atoms with Crippen LogP contribution in [0.3, 0.4) is 0 Å². The summed E-state index contributed by atoms with van der Waals surface area (Å²) >= 11 is 0. The fraction of sp³-hybridized carbons (Fsp3) is 0.846. The minimum Gasteiger partial charge on any atom is -0.339 e. The van der Waals surface area contributed by atoms with Crippen molar-refractivity contribution < 1.29 is 4.52 Å². The number of rotatable bonds is 2. The van der Waals surface area contributed by atoms with Gasteiger partial charge in [-0.2, -0.15) is 4.98 Å². The van der Waals surface area contributed by atoms with Gasteiger partial charge in [0.15, 0.2) is 5.82 Å². The summed E-state index contributed by atoms with van der Waals surface area (Å²) in [7, 11) is 0. The van der Waals surface area contributed by atoms with E-state index in [-0.39, 0.29) is 5.41 Å². The molecule has 0 amide bonds. The quantitative estimate of drug-likeness (QED) is 0.865. The van der Waals surface area contributed by atoms with Gasteiger partial charge in [-0.1, -0.05) is 25.9 Å². The molecule has 1 saturated heterocycles. The van der Waals surface area contributed by atoms with Crippen molar-refractivity contribution in [2.75, 3.05) is 13.1 Å². The first-order chi connectivity index (χ1) is 8.38. The highest BCUT2D eigenvalue weighted by atomic mass is 16.5. The van der Waals surface area contributed by atoms with E-state index in [4.69, 9.17) is 4.52 Å². The zero-order valence-electron chi connectivity index (χ0n) is 12.0. The van der Waals surface area contributed by atoms with E-state index < -0.39 is 0 Å². The molecular weight excluding hydrogens is 228 g/mol. The first-order valence-corrected chi connectivity index (χ1v) is 6.67. The minimum absolute atomic E-state index is 0.0774. The number of aromatic nitrogens is 2. The number of hydrogen-bond donors (Lipinski definition) is 1. The molecule has 1 aliphatic heterocycles. The Kier molecular flexibility index (Phi) is 3.73. The molecule has 0 aromatic carbocycles. The summed E-state index contributed by atoms with van der Waals surface area (Å²) in [4.78, 5) is 6.93. The smallest absolute Gasteiger partial charge is 0.232 e. The maximum atomic E-state index is 5.34. The molecule has 2 atom stereocenters. The summed E-state index contributed by atoms with van der Waals surface area (Å²) in [6.45, 7) is 13.5. The van der Waals surface area contributed by atoms with E-state index in [0.29, 0.717) is 18.0 Å². The SMILES string of the molecule is CC1CNCC(C)N1Cc1noc(C(C)(C)C)n1. The van der Waals surface area contributed by atoms with Crippen LogP contribution in [0.5, 0.6) is 0 Å². The van der Waals surface area contributed by atoms with Gasteiger partial charge in [-0.05, 0) is 13.8 Å². The van der Waals surface area contributed by atoms with Crippen molar-refractivity contribution in [3.63, 3.8) is 0 Å². The molecule has 0 aliphatic carbocycles. The Balaban J connectivity index is 2.06. The Morgan fingerprint density at radius 3 is 2.39 bits per heavy atom. The standard InChI is InChI=1S/C13H24N4O/c1-9-6-14-7-10(2)17(9)8-11-15-12(18-16-11)13(3,4)5/h9-10,14H,6-8H2,1-5H3. The molecular formula is C13H24N4O. The van der Waals surface area contributed by atoms with Gasteiger partial charge >= 0.3 is 0 Å². The lowest BCUT2D eigenvalue weighted by Crippen LogP contribution is -2.54. The van der Waals surface area contributed by atoms with Crippen molar-refractivity contribution in [2.45, 2.75) is 58.7 Å². The van der Waals surface area contributed by atoms with Crippen LogP contribution in [-0.2, 0) is 12.0 Å². The zero-order valence-corrected chi connectivity index (χ0v) is 12.0. The average Bonchev–Trinajstić information content (AvgIpc) is 2.72.